The second-order valence-corrected chi connectivity index (χ2v) is 7.19. The molecule has 1 heterocycles. The number of fused-ring (bicyclic) bond motifs is 1. The van der Waals surface area contributed by atoms with Crippen LogP contribution >= 0.6 is 0 Å². The third-order valence-electron chi connectivity index (χ3n) is 4.82. The summed E-state index contributed by atoms with van der Waals surface area (Å²) in [6, 6.07) is 21.3. The van der Waals surface area contributed by atoms with Gasteiger partial charge in [0.25, 0.3) is 0 Å². The van der Waals surface area contributed by atoms with E-state index >= 15 is 0 Å². The zero-order valence-corrected chi connectivity index (χ0v) is 16.9. The third-order valence-corrected chi connectivity index (χ3v) is 4.82. The first-order chi connectivity index (χ1) is 14.6. The molecule has 0 fully saturated rings. The summed E-state index contributed by atoms with van der Waals surface area (Å²) in [4.78, 5) is 21.0. The van der Waals surface area contributed by atoms with Crippen molar-refractivity contribution in [1.82, 2.24) is 9.97 Å². The highest BCUT2D eigenvalue weighted by atomic mass is 16.2. The van der Waals surface area contributed by atoms with Gasteiger partial charge in [-0.15, -0.1) is 0 Å². The van der Waals surface area contributed by atoms with Gasteiger partial charge in [-0.1, -0.05) is 42.0 Å². The van der Waals surface area contributed by atoms with E-state index in [1.165, 1.54) is 0 Å². The van der Waals surface area contributed by atoms with Gasteiger partial charge >= 0.3 is 6.03 Å². The van der Waals surface area contributed by atoms with Crippen molar-refractivity contribution < 1.29 is 4.79 Å². The number of rotatable bonds is 5. The number of aryl methyl sites for hydroxylation is 2. The molecule has 150 valence electrons. The molecule has 3 N–H and O–H groups in total. The number of benzene rings is 3. The predicted molar refractivity (Wildman–Crippen MR) is 122 cm³/mol. The van der Waals surface area contributed by atoms with Crippen molar-refractivity contribution in [2.24, 2.45) is 0 Å². The minimum atomic E-state index is -0.270. The largest absolute Gasteiger partial charge is 0.365 e. The minimum absolute atomic E-state index is 0.270. The van der Waals surface area contributed by atoms with Gasteiger partial charge in [0.2, 0.25) is 0 Å². The summed E-state index contributed by atoms with van der Waals surface area (Å²) >= 11 is 0. The van der Waals surface area contributed by atoms with Gasteiger partial charge in [-0.2, -0.15) is 0 Å². The SMILES string of the molecule is Cc1ccc(NC(=O)Nc2cccc(CNc3ncnc4ccccc34)c2)c(C)c1. The average molecular weight is 397 g/mol. The van der Waals surface area contributed by atoms with Crippen LogP contribution in [0.1, 0.15) is 16.7 Å². The Morgan fingerprint density at radius 1 is 0.900 bits per heavy atom. The van der Waals surface area contributed by atoms with Crippen LogP contribution in [0.15, 0.2) is 73.1 Å². The van der Waals surface area contributed by atoms with Crippen LogP contribution in [0.25, 0.3) is 10.9 Å². The zero-order chi connectivity index (χ0) is 20.9. The molecule has 0 aliphatic carbocycles. The van der Waals surface area contributed by atoms with Crippen molar-refractivity contribution in [3.63, 3.8) is 0 Å². The number of carbonyl (C=O) groups excluding carboxylic acids is 1. The van der Waals surface area contributed by atoms with Gasteiger partial charge in [-0.3, -0.25) is 0 Å². The van der Waals surface area contributed by atoms with Gasteiger partial charge in [0, 0.05) is 23.3 Å². The second kappa shape index (κ2) is 8.61. The Bertz CT molecular complexity index is 1200. The molecular weight excluding hydrogens is 374 g/mol. The van der Waals surface area contributed by atoms with E-state index in [1.807, 2.05) is 80.6 Å². The molecule has 0 saturated carbocycles. The topological polar surface area (TPSA) is 78.9 Å². The summed E-state index contributed by atoms with van der Waals surface area (Å²) in [7, 11) is 0. The highest BCUT2D eigenvalue weighted by Crippen LogP contribution is 2.20. The van der Waals surface area contributed by atoms with Crippen LogP contribution < -0.4 is 16.0 Å². The number of urea groups is 1. The maximum atomic E-state index is 12.4. The molecule has 0 unspecified atom stereocenters. The molecule has 6 heteroatoms. The molecule has 3 aromatic carbocycles. The van der Waals surface area contributed by atoms with E-state index < -0.39 is 0 Å². The molecule has 0 spiro atoms. The molecule has 1 aromatic heterocycles. The van der Waals surface area contributed by atoms with Crippen molar-refractivity contribution in [1.29, 1.82) is 0 Å². The van der Waals surface area contributed by atoms with Crippen LogP contribution in [-0.2, 0) is 6.54 Å². The molecule has 6 nitrogen and oxygen atoms in total. The van der Waals surface area contributed by atoms with Crippen molar-refractivity contribution in [3.05, 3.63) is 89.7 Å². The quantitative estimate of drug-likeness (QED) is 0.415. The van der Waals surface area contributed by atoms with E-state index in [2.05, 4.69) is 25.9 Å². The predicted octanol–water partition coefficient (Wildman–Crippen LogP) is 5.50. The van der Waals surface area contributed by atoms with Crippen LogP contribution in [0.4, 0.5) is 22.0 Å². The van der Waals surface area contributed by atoms with Crippen molar-refractivity contribution in [3.8, 4) is 0 Å². The molecule has 0 saturated heterocycles. The lowest BCUT2D eigenvalue weighted by molar-refractivity contribution is 0.262. The van der Waals surface area contributed by atoms with Crippen molar-refractivity contribution in [2.45, 2.75) is 20.4 Å². The lowest BCUT2D eigenvalue weighted by Gasteiger charge is -2.12. The standard InChI is InChI=1S/C24H23N5O/c1-16-10-11-21(17(2)12-16)29-24(30)28-19-7-5-6-18(13-19)14-25-23-20-8-3-4-9-22(20)26-15-27-23/h3-13,15H,14H2,1-2H3,(H,25,26,27)(H2,28,29,30). The Kier molecular flexibility index (Phi) is 5.57. The highest BCUT2D eigenvalue weighted by molar-refractivity contribution is 6.00. The Morgan fingerprint density at radius 3 is 2.63 bits per heavy atom. The first-order valence-electron chi connectivity index (χ1n) is 9.76. The molecule has 30 heavy (non-hydrogen) atoms. The van der Waals surface area contributed by atoms with Gasteiger partial charge in [0.05, 0.1) is 5.52 Å². The number of aromatic nitrogens is 2. The van der Waals surface area contributed by atoms with Crippen LogP contribution in [0, 0.1) is 13.8 Å². The van der Waals surface area contributed by atoms with Crippen molar-refractivity contribution in [2.75, 3.05) is 16.0 Å². The number of nitrogens with zero attached hydrogens (tertiary/aromatic N) is 2. The fourth-order valence-corrected chi connectivity index (χ4v) is 3.33. The van der Waals surface area contributed by atoms with E-state index in [0.29, 0.717) is 6.54 Å². The molecule has 0 bridgehead atoms. The van der Waals surface area contributed by atoms with E-state index in [9.17, 15) is 4.79 Å². The third kappa shape index (κ3) is 4.55. The Labute approximate surface area is 175 Å². The van der Waals surface area contributed by atoms with Crippen LogP contribution in [0.2, 0.25) is 0 Å². The maximum absolute atomic E-state index is 12.4. The Morgan fingerprint density at radius 2 is 1.77 bits per heavy atom. The summed E-state index contributed by atoms with van der Waals surface area (Å²) in [5.74, 6) is 0.784. The van der Waals surface area contributed by atoms with E-state index in [-0.39, 0.29) is 6.03 Å². The lowest BCUT2D eigenvalue weighted by atomic mass is 10.1. The fourth-order valence-electron chi connectivity index (χ4n) is 3.33. The van der Waals surface area contributed by atoms with Crippen LogP contribution in [0.5, 0.6) is 0 Å². The molecule has 0 aliphatic rings. The van der Waals surface area contributed by atoms with Crippen LogP contribution in [-0.4, -0.2) is 16.0 Å². The molecule has 4 rings (SSSR count). The molecular formula is C24H23N5O. The second-order valence-electron chi connectivity index (χ2n) is 7.19. The number of hydrogen-bond acceptors (Lipinski definition) is 4. The zero-order valence-electron chi connectivity index (χ0n) is 16.9. The van der Waals surface area contributed by atoms with Gasteiger partial charge in [-0.25, -0.2) is 14.8 Å². The monoisotopic (exact) mass is 397 g/mol. The fraction of sp³-hybridized carbons (Fsp3) is 0.125. The minimum Gasteiger partial charge on any atom is -0.365 e. The number of nitrogens with one attached hydrogen (secondary N) is 3. The number of carbonyl (C=O) groups is 1. The Hall–Kier alpha value is -3.93. The van der Waals surface area contributed by atoms with Gasteiger partial charge in [-0.05, 0) is 55.3 Å². The maximum Gasteiger partial charge on any atom is 0.323 e. The summed E-state index contributed by atoms with van der Waals surface area (Å²) in [5, 5.41) is 10.1. The normalized spacial score (nSPS) is 10.6. The number of para-hydroxylation sites is 1. The number of amides is 2. The smallest absolute Gasteiger partial charge is 0.323 e. The van der Waals surface area contributed by atoms with Crippen molar-refractivity contribution >= 4 is 34.1 Å². The summed E-state index contributed by atoms with van der Waals surface area (Å²) < 4.78 is 0. The Balaban J connectivity index is 1.41. The van der Waals surface area contributed by atoms with E-state index in [0.717, 1.165) is 44.8 Å². The first-order valence-corrected chi connectivity index (χ1v) is 9.76. The van der Waals surface area contributed by atoms with Gasteiger partial charge in [0.1, 0.15) is 12.1 Å². The van der Waals surface area contributed by atoms with Crippen LogP contribution in [0.3, 0.4) is 0 Å². The van der Waals surface area contributed by atoms with E-state index in [4.69, 9.17) is 0 Å². The first kappa shape index (κ1) is 19.4. The summed E-state index contributed by atoms with van der Waals surface area (Å²) in [5.41, 5.74) is 5.64. The summed E-state index contributed by atoms with van der Waals surface area (Å²) in [6.45, 7) is 4.58. The molecule has 2 amide bonds. The number of hydrogen-bond donors (Lipinski definition) is 3. The number of anilines is 3. The molecule has 0 aliphatic heterocycles. The molecule has 0 radical (unpaired) electrons. The highest BCUT2D eigenvalue weighted by Gasteiger charge is 2.07. The molecule has 0 atom stereocenters. The van der Waals surface area contributed by atoms with Gasteiger partial charge in [0.15, 0.2) is 0 Å². The average Bonchev–Trinajstić information content (AvgIpc) is 2.74. The van der Waals surface area contributed by atoms with E-state index in [1.54, 1.807) is 6.33 Å². The van der Waals surface area contributed by atoms with Gasteiger partial charge < -0.3 is 16.0 Å². The lowest BCUT2D eigenvalue weighted by Crippen LogP contribution is -2.20. The molecule has 4 aromatic rings. The summed E-state index contributed by atoms with van der Waals surface area (Å²) in [6.07, 6.45) is 1.56.